The molecule has 5 nitrogen and oxygen atoms in total. The summed E-state index contributed by atoms with van der Waals surface area (Å²) in [6, 6.07) is 6.71. The zero-order valence-electron chi connectivity index (χ0n) is 14.3. The largest absolute Gasteiger partial charge is 0.481 e. The lowest BCUT2D eigenvalue weighted by Crippen LogP contribution is -2.23. The molecule has 0 radical (unpaired) electrons. The Labute approximate surface area is 141 Å². The van der Waals surface area contributed by atoms with Crippen molar-refractivity contribution in [2.75, 3.05) is 37.0 Å². The van der Waals surface area contributed by atoms with E-state index in [9.17, 15) is 4.39 Å². The minimum atomic E-state index is -0.195. The molecule has 0 spiro atoms. The summed E-state index contributed by atoms with van der Waals surface area (Å²) in [5, 5.41) is 3.43. The second-order valence-electron chi connectivity index (χ2n) is 6.21. The molecule has 1 aliphatic heterocycles. The summed E-state index contributed by atoms with van der Waals surface area (Å²) in [6.07, 6.45) is 1.10. The third-order valence-electron chi connectivity index (χ3n) is 4.44. The number of hydrogen-bond donors (Lipinski definition) is 1. The summed E-state index contributed by atoms with van der Waals surface area (Å²) >= 11 is 0. The highest BCUT2D eigenvalue weighted by Crippen LogP contribution is 2.26. The number of rotatable bonds is 5. The first kappa shape index (κ1) is 16.5. The Bertz CT molecular complexity index is 705. The van der Waals surface area contributed by atoms with Crippen LogP contribution in [-0.4, -0.2) is 36.7 Å². The Hall–Kier alpha value is -2.37. The van der Waals surface area contributed by atoms with Crippen LogP contribution < -0.4 is 15.0 Å². The molecular formula is C18H23FN4O. The molecule has 2 heterocycles. The Balaban J connectivity index is 1.60. The van der Waals surface area contributed by atoms with Gasteiger partial charge >= 0.3 is 0 Å². The molecule has 128 valence electrons. The normalized spacial score (nSPS) is 17.2. The minimum absolute atomic E-state index is 0.195. The number of nitrogens with one attached hydrogen (secondary N) is 1. The summed E-state index contributed by atoms with van der Waals surface area (Å²) in [5.74, 6) is 2.47. The van der Waals surface area contributed by atoms with Crippen molar-refractivity contribution in [3.63, 3.8) is 0 Å². The third-order valence-corrected chi connectivity index (χ3v) is 4.44. The summed E-state index contributed by atoms with van der Waals surface area (Å²) in [6.45, 7) is 6.61. The van der Waals surface area contributed by atoms with Crippen LogP contribution in [0.15, 0.2) is 24.3 Å². The number of anilines is 2. The topological polar surface area (TPSA) is 50.3 Å². The molecule has 0 saturated carbocycles. The highest BCUT2D eigenvalue weighted by atomic mass is 19.1. The van der Waals surface area contributed by atoms with E-state index in [1.807, 2.05) is 26.0 Å². The summed E-state index contributed by atoms with van der Waals surface area (Å²) < 4.78 is 18.3. The van der Waals surface area contributed by atoms with Crippen LogP contribution in [0.5, 0.6) is 5.88 Å². The summed E-state index contributed by atoms with van der Waals surface area (Å²) in [5.41, 5.74) is 2.01. The first-order valence-electron chi connectivity index (χ1n) is 8.20. The number of benzene rings is 1. The number of aryl methyl sites for hydroxylation is 1. The highest BCUT2D eigenvalue weighted by Gasteiger charge is 2.23. The fourth-order valence-corrected chi connectivity index (χ4v) is 3.10. The summed E-state index contributed by atoms with van der Waals surface area (Å²) in [7, 11) is 1.62. The van der Waals surface area contributed by atoms with Crippen molar-refractivity contribution in [1.82, 2.24) is 9.97 Å². The first-order valence-corrected chi connectivity index (χ1v) is 8.20. The van der Waals surface area contributed by atoms with Crippen LogP contribution >= 0.6 is 0 Å². The molecule has 1 aliphatic rings. The third kappa shape index (κ3) is 3.58. The van der Waals surface area contributed by atoms with Crippen molar-refractivity contribution in [2.24, 2.45) is 5.92 Å². The number of aromatic nitrogens is 2. The van der Waals surface area contributed by atoms with Crippen LogP contribution in [0.4, 0.5) is 15.9 Å². The predicted molar refractivity (Wildman–Crippen MR) is 93.3 cm³/mol. The quantitative estimate of drug-likeness (QED) is 0.912. The molecule has 1 unspecified atom stereocenters. The molecule has 0 bridgehead atoms. The predicted octanol–water partition coefficient (Wildman–Crippen LogP) is 3.18. The van der Waals surface area contributed by atoms with Gasteiger partial charge in [0.25, 0.3) is 0 Å². The molecule has 6 heteroatoms. The van der Waals surface area contributed by atoms with E-state index in [2.05, 4.69) is 20.2 Å². The lowest BCUT2D eigenvalue weighted by molar-refractivity contribution is 0.392. The van der Waals surface area contributed by atoms with Gasteiger partial charge in [-0.2, -0.15) is 4.98 Å². The molecule has 1 atom stereocenters. The zero-order valence-corrected chi connectivity index (χ0v) is 14.3. The van der Waals surface area contributed by atoms with Gasteiger partial charge in [-0.1, -0.05) is 0 Å². The van der Waals surface area contributed by atoms with Gasteiger partial charge in [-0.3, -0.25) is 0 Å². The van der Waals surface area contributed by atoms with Crippen molar-refractivity contribution in [3.8, 4) is 5.88 Å². The van der Waals surface area contributed by atoms with Crippen molar-refractivity contribution >= 4 is 11.5 Å². The lowest BCUT2D eigenvalue weighted by atomic mass is 10.1. The second kappa shape index (κ2) is 7.03. The molecular weight excluding hydrogens is 307 g/mol. The Morgan fingerprint density at radius 2 is 2.00 bits per heavy atom. The molecule has 1 saturated heterocycles. The average molecular weight is 330 g/mol. The first-order chi connectivity index (χ1) is 11.6. The van der Waals surface area contributed by atoms with Crippen LogP contribution in [0.2, 0.25) is 0 Å². The van der Waals surface area contributed by atoms with E-state index < -0.39 is 0 Å². The fraction of sp³-hybridized carbons (Fsp3) is 0.444. The van der Waals surface area contributed by atoms with E-state index in [-0.39, 0.29) is 5.82 Å². The second-order valence-corrected chi connectivity index (χ2v) is 6.21. The molecule has 1 aromatic heterocycles. The van der Waals surface area contributed by atoms with Gasteiger partial charge in [-0.05, 0) is 50.5 Å². The molecule has 24 heavy (non-hydrogen) atoms. The van der Waals surface area contributed by atoms with Crippen molar-refractivity contribution in [3.05, 3.63) is 41.5 Å². The molecule has 1 N–H and O–H groups in total. The van der Waals surface area contributed by atoms with Gasteiger partial charge < -0.3 is 15.0 Å². The monoisotopic (exact) mass is 330 g/mol. The zero-order chi connectivity index (χ0) is 17.1. The molecule has 2 aromatic rings. The Morgan fingerprint density at radius 3 is 2.71 bits per heavy atom. The smallest absolute Gasteiger partial charge is 0.221 e. The Kier molecular flexibility index (Phi) is 4.83. The van der Waals surface area contributed by atoms with Gasteiger partial charge in [0.15, 0.2) is 0 Å². The van der Waals surface area contributed by atoms with E-state index in [1.165, 1.54) is 12.1 Å². The van der Waals surface area contributed by atoms with Gasteiger partial charge in [0.05, 0.1) is 12.7 Å². The average Bonchev–Trinajstić information content (AvgIpc) is 3.05. The number of hydrogen-bond acceptors (Lipinski definition) is 5. The van der Waals surface area contributed by atoms with E-state index in [4.69, 9.17) is 4.74 Å². The number of nitrogens with zero attached hydrogens (tertiary/aromatic N) is 3. The van der Waals surface area contributed by atoms with Gasteiger partial charge in [0.2, 0.25) is 5.88 Å². The number of methoxy groups -OCH3 is 1. The van der Waals surface area contributed by atoms with Crippen LogP contribution in [0.25, 0.3) is 0 Å². The van der Waals surface area contributed by atoms with Crippen molar-refractivity contribution in [1.29, 1.82) is 0 Å². The Morgan fingerprint density at radius 1 is 1.25 bits per heavy atom. The van der Waals surface area contributed by atoms with E-state index in [0.29, 0.717) is 17.6 Å². The highest BCUT2D eigenvalue weighted by molar-refractivity contribution is 5.49. The van der Waals surface area contributed by atoms with Crippen LogP contribution in [0.3, 0.4) is 0 Å². The molecule has 1 aromatic carbocycles. The van der Waals surface area contributed by atoms with Crippen LogP contribution in [-0.2, 0) is 0 Å². The lowest BCUT2D eigenvalue weighted by Gasteiger charge is -2.19. The van der Waals surface area contributed by atoms with E-state index in [1.54, 1.807) is 7.11 Å². The molecule has 0 amide bonds. The maximum absolute atomic E-state index is 13.0. The fourth-order valence-electron chi connectivity index (χ4n) is 3.10. The SMILES string of the molecule is COc1nc(C)nc(NCC2CCN(c3ccc(F)cc3)C2)c1C. The standard InChI is InChI=1S/C18H23FN4O/c1-12-17(21-13(2)22-18(12)24-3)20-10-14-8-9-23(11-14)16-6-4-15(19)5-7-16/h4-7,14H,8-11H2,1-3H3,(H,20,21,22). The molecule has 0 aliphatic carbocycles. The van der Waals surface area contributed by atoms with Gasteiger partial charge in [0, 0.05) is 25.3 Å². The minimum Gasteiger partial charge on any atom is -0.481 e. The van der Waals surface area contributed by atoms with E-state index >= 15 is 0 Å². The van der Waals surface area contributed by atoms with Crippen molar-refractivity contribution in [2.45, 2.75) is 20.3 Å². The van der Waals surface area contributed by atoms with Gasteiger partial charge in [-0.25, -0.2) is 9.37 Å². The number of ether oxygens (including phenoxy) is 1. The maximum Gasteiger partial charge on any atom is 0.221 e. The van der Waals surface area contributed by atoms with Gasteiger partial charge in [0.1, 0.15) is 17.5 Å². The molecule has 3 rings (SSSR count). The van der Waals surface area contributed by atoms with Gasteiger partial charge in [-0.15, -0.1) is 0 Å². The number of halogens is 1. The summed E-state index contributed by atoms with van der Waals surface area (Å²) in [4.78, 5) is 11.0. The van der Waals surface area contributed by atoms with Crippen molar-refractivity contribution < 1.29 is 9.13 Å². The van der Waals surface area contributed by atoms with Crippen LogP contribution in [0.1, 0.15) is 17.8 Å². The molecule has 1 fully saturated rings. The van der Waals surface area contributed by atoms with Crippen LogP contribution in [0, 0.1) is 25.6 Å². The van der Waals surface area contributed by atoms with E-state index in [0.717, 1.165) is 43.1 Å². The maximum atomic E-state index is 13.0.